The smallest absolute Gasteiger partial charge is 0.0418 e. The van der Waals surface area contributed by atoms with Crippen molar-refractivity contribution in [2.45, 2.75) is 44.8 Å². The Morgan fingerprint density at radius 1 is 1.33 bits per heavy atom. The zero-order valence-electron chi connectivity index (χ0n) is 15.2. The molecule has 0 bridgehead atoms. The summed E-state index contributed by atoms with van der Waals surface area (Å²) in [5.74, 6) is 0.774. The van der Waals surface area contributed by atoms with E-state index in [1.165, 1.54) is 28.8 Å². The van der Waals surface area contributed by atoms with Crippen molar-refractivity contribution in [3.63, 3.8) is 0 Å². The fourth-order valence-electron chi connectivity index (χ4n) is 4.22. The molecule has 2 fully saturated rings. The van der Waals surface area contributed by atoms with Crippen molar-refractivity contribution in [3.8, 4) is 0 Å². The molecule has 2 aliphatic rings. The summed E-state index contributed by atoms with van der Waals surface area (Å²) in [5.41, 5.74) is 11.3. The molecule has 1 aromatic carbocycles. The van der Waals surface area contributed by atoms with Crippen LogP contribution in [0.1, 0.15) is 37.3 Å². The minimum absolute atomic E-state index is 0.158. The highest BCUT2D eigenvalue weighted by molar-refractivity contribution is 5.65. The van der Waals surface area contributed by atoms with Crippen molar-refractivity contribution in [2.75, 3.05) is 25.0 Å². The Bertz CT molecular complexity index is 622. The zero-order valence-corrected chi connectivity index (χ0v) is 15.2. The van der Waals surface area contributed by atoms with Crippen LogP contribution in [0, 0.1) is 5.92 Å². The van der Waals surface area contributed by atoms with E-state index < -0.39 is 0 Å². The van der Waals surface area contributed by atoms with Crippen molar-refractivity contribution in [1.82, 2.24) is 4.90 Å². The van der Waals surface area contributed by atoms with Gasteiger partial charge >= 0.3 is 0 Å². The third-order valence-electron chi connectivity index (χ3n) is 5.77. The molecule has 3 heteroatoms. The number of nitrogens with two attached hydrogens (primary N) is 1. The van der Waals surface area contributed by atoms with Crippen molar-refractivity contribution in [1.29, 1.82) is 0 Å². The normalized spacial score (nSPS) is 27.2. The van der Waals surface area contributed by atoms with Crippen LogP contribution < -0.4 is 10.6 Å². The lowest BCUT2D eigenvalue weighted by atomic mass is 10.0. The second kappa shape index (κ2) is 7.12. The average Bonchev–Trinajstić information content (AvgIpc) is 3.14. The van der Waals surface area contributed by atoms with Gasteiger partial charge in [-0.2, -0.15) is 0 Å². The van der Waals surface area contributed by atoms with E-state index in [0.29, 0.717) is 6.04 Å². The second-order valence-electron chi connectivity index (χ2n) is 7.58. The molecule has 1 saturated heterocycles. The molecule has 1 heterocycles. The molecule has 24 heavy (non-hydrogen) atoms. The predicted octanol–water partition coefficient (Wildman–Crippen LogP) is 3.65. The molecular weight excluding hydrogens is 294 g/mol. The molecule has 1 aromatic rings. The first-order valence-corrected chi connectivity index (χ1v) is 9.15. The molecule has 3 nitrogen and oxygen atoms in total. The van der Waals surface area contributed by atoms with Gasteiger partial charge in [0.05, 0.1) is 0 Å². The van der Waals surface area contributed by atoms with Crippen LogP contribution in [-0.2, 0) is 6.54 Å². The quantitative estimate of drug-likeness (QED) is 0.839. The highest BCUT2D eigenvalue weighted by Gasteiger charge is 2.30. The highest BCUT2D eigenvalue weighted by atomic mass is 15.2. The van der Waals surface area contributed by atoms with E-state index in [-0.39, 0.29) is 6.04 Å². The van der Waals surface area contributed by atoms with Crippen LogP contribution in [0.25, 0.3) is 6.08 Å². The van der Waals surface area contributed by atoms with Crippen LogP contribution in [0.4, 0.5) is 5.69 Å². The van der Waals surface area contributed by atoms with Crippen LogP contribution in [0.2, 0.25) is 0 Å². The van der Waals surface area contributed by atoms with Crippen molar-refractivity contribution in [3.05, 3.63) is 48.1 Å². The number of nitrogens with zero attached hydrogens (tertiary/aromatic N) is 2. The Hall–Kier alpha value is -1.58. The maximum absolute atomic E-state index is 6.15. The minimum Gasteiger partial charge on any atom is -0.371 e. The van der Waals surface area contributed by atoms with Gasteiger partial charge in [0, 0.05) is 37.4 Å². The second-order valence-corrected chi connectivity index (χ2v) is 7.58. The van der Waals surface area contributed by atoms with Crippen molar-refractivity contribution < 1.29 is 0 Å². The number of likely N-dealkylation sites (N-methyl/N-ethyl adjacent to an activating group) is 1. The Morgan fingerprint density at radius 2 is 2.12 bits per heavy atom. The van der Waals surface area contributed by atoms with E-state index >= 15 is 0 Å². The maximum Gasteiger partial charge on any atom is 0.0418 e. The van der Waals surface area contributed by atoms with Gasteiger partial charge in [0.25, 0.3) is 0 Å². The Labute approximate surface area is 146 Å². The first kappa shape index (κ1) is 17.2. The predicted molar refractivity (Wildman–Crippen MR) is 104 cm³/mol. The fourth-order valence-corrected chi connectivity index (χ4v) is 4.22. The molecule has 130 valence electrons. The van der Waals surface area contributed by atoms with Crippen LogP contribution in [0.3, 0.4) is 0 Å². The molecular formula is C21H31N3. The Kier molecular flexibility index (Phi) is 5.12. The van der Waals surface area contributed by atoms with Gasteiger partial charge in [0.1, 0.15) is 0 Å². The SMILES string of the molecule is C=Cc1cccc(N2CCC(C)C2)c1CN(C)C1CCC(N)C1=C. The lowest BCUT2D eigenvalue weighted by Crippen LogP contribution is -2.33. The molecule has 1 aliphatic carbocycles. The van der Waals surface area contributed by atoms with Crippen molar-refractivity contribution >= 4 is 11.8 Å². The zero-order chi connectivity index (χ0) is 17.3. The standard InChI is InChI=1S/C21H31N3/c1-5-17-7-6-8-21(24-12-11-15(2)13-24)18(17)14-23(4)20-10-9-19(22)16(20)3/h5-8,15,19-20H,1,3,9-14,22H2,2,4H3. The first-order chi connectivity index (χ1) is 11.5. The van der Waals surface area contributed by atoms with Gasteiger partial charge in [0.15, 0.2) is 0 Å². The average molecular weight is 326 g/mol. The lowest BCUT2D eigenvalue weighted by molar-refractivity contribution is 0.267. The lowest BCUT2D eigenvalue weighted by Gasteiger charge is -2.30. The van der Waals surface area contributed by atoms with E-state index in [0.717, 1.165) is 38.4 Å². The highest BCUT2D eigenvalue weighted by Crippen LogP contribution is 2.33. The van der Waals surface area contributed by atoms with E-state index in [9.17, 15) is 0 Å². The topological polar surface area (TPSA) is 32.5 Å². The number of hydrogen-bond acceptors (Lipinski definition) is 3. The number of rotatable bonds is 5. The fraction of sp³-hybridized carbons (Fsp3) is 0.524. The van der Waals surface area contributed by atoms with Crippen LogP contribution in [-0.4, -0.2) is 37.1 Å². The third kappa shape index (κ3) is 3.28. The third-order valence-corrected chi connectivity index (χ3v) is 5.77. The van der Waals surface area contributed by atoms with Crippen LogP contribution >= 0.6 is 0 Å². The van der Waals surface area contributed by atoms with Crippen LogP contribution in [0.5, 0.6) is 0 Å². The molecule has 2 N–H and O–H groups in total. The summed E-state index contributed by atoms with van der Waals surface area (Å²) >= 11 is 0. The van der Waals surface area contributed by atoms with Gasteiger partial charge in [-0.15, -0.1) is 0 Å². The number of benzene rings is 1. The molecule has 0 radical (unpaired) electrons. The summed E-state index contributed by atoms with van der Waals surface area (Å²) in [4.78, 5) is 4.95. The Morgan fingerprint density at radius 3 is 2.71 bits per heavy atom. The summed E-state index contributed by atoms with van der Waals surface area (Å²) in [7, 11) is 2.20. The van der Waals surface area contributed by atoms with E-state index in [2.05, 4.69) is 55.1 Å². The minimum atomic E-state index is 0.158. The summed E-state index contributed by atoms with van der Waals surface area (Å²) in [6, 6.07) is 7.15. The van der Waals surface area contributed by atoms with Gasteiger partial charge in [-0.3, -0.25) is 4.90 Å². The molecule has 1 saturated carbocycles. The van der Waals surface area contributed by atoms with E-state index in [1.807, 2.05) is 6.08 Å². The van der Waals surface area contributed by atoms with Gasteiger partial charge < -0.3 is 10.6 Å². The summed E-state index contributed by atoms with van der Waals surface area (Å²) in [6.45, 7) is 13.8. The molecule has 3 unspecified atom stereocenters. The van der Waals surface area contributed by atoms with Gasteiger partial charge in [-0.1, -0.05) is 38.3 Å². The summed E-state index contributed by atoms with van der Waals surface area (Å²) in [6.07, 6.45) is 5.43. The van der Waals surface area contributed by atoms with Gasteiger partial charge in [-0.05, 0) is 55.0 Å². The van der Waals surface area contributed by atoms with Gasteiger partial charge in [0.2, 0.25) is 0 Å². The molecule has 3 rings (SSSR count). The number of hydrogen-bond donors (Lipinski definition) is 1. The van der Waals surface area contributed by atoms with E-state index in [4.69, 9.17) is 5.73 Å². The van der Waals surface area contributed by atoms with Crippen LogP contribution in [0.15, 0.2) is 36.9 Å². The van der Waals surface area contributed by atoms with E-state index in [1.54, 1.807) is 0 Å². The summed E-state index contributed by atoms with van der Waals surface area (Å²) in [5, 5.41) is 0. The number of anilines is 1. The molecule has 3 atom stereocenters. The summed E-state index contributed by atoms with van der Waals surface area (Å²) < 4.78 is 0. The van der Waals surface area contributed by atoms with Gasteiger partial charge in [-0.25, -0.2) is 0 Å². The first-order valence-electron chi connectivity index (χ1n) is 9.15. The largest absolute Gasteiger partial charge is 0.371 e. The van der Waals surface area contributed by atoms with Crippen molar-refractivity contribution in [2.24, 2.45) is 11.7 Å². The Balaban J connectivity index is 1.86. The maximum atomic E-state index is 6.15. The molecule has 0 aromatic heterocycles. The molecule has 0 amide bonds. The molecule has 0 spiro atoms. The monoisotopic (exact) mass is 325 g/mol. The molecule has 1 aliphatic heterocycles.